The van der Waals surface area contributed by atoms with Gasteiger partial charge in [0.15, 0.2) is 42.2 Å². The number of nitrogens with two attached hydrogens (primary N) is 1. The van der Waals surface area contributed by atoms with Crippen LogP contribution in [0.25, 0.3) is 0 Å². The number of nitrogens with one attached hydrogen (secondary N) is 2. The molecule has 1 fully saturated rings. The molecule has 1 saturated heterocycles. The number of thioether (sulfide) groups is 1. The number of oxime groups is 1. The average molecular weight is 543 g/mol. The number of β-lactam (4-membered cyclic amide) rings is 1. The second kappa shape index (κ2) is 10.4. The molecule has 3 aromatic heterocycles. The molecule has 2 aliphatic rings. The molecule has 5 rings (SSSR count). The molecule has 16 heteroatoms. The number of aromatic amines is 1. The number of aliphatic carboxylic acids is 1. The van der Waals surface area contributed by atoms with Crippen LogP contribution >= 0.6 is 23.1 Å². The number of carboxylic acids is 1. The first-order valence-electron chi connectivity index (χ1n) is 10.8. The molecular formula is C21H20N9O5S2+. The Morgan fingerprint density at radius 1 is 1.35 bits per heavy atom. The number of thiazole rings is 1. The Hall–Kier alpha value is -4.31. The van der Waals surface area contributed by atoms with Crippen LogP contribution in [0.2, 0.25) is 0 Å². The molecule has 2 amide bonds. The summed E-state index contributed by atoms with van der Waals surface area (Å²) in [5, 5.41) is 23.9. The van der Waals surface area contributed by atoms with Crippen molar-refractivity contribution < 1.29 is 28.9 Å². The fourth-order valence-electron chi connectivity index (χ4n) is 3.83. The van der Waals surface area contributed by atoms with E-state index in [9.17, 15) is 19.5 Å². The third-order valence-corrected chi connectivity index (χ3v) is 7.50. The number of carboxylic acid groups (broad SMARTS) is 1. The number of hydrogen-bond donors (Lipinski definition) is 4. The highest BCUT2D eigenvalue weighted by atomic mass is 32.2. The lowest BCUT2D eigenvalue weighted by atomic mass is 10.0. The van der Waals surface area contributed by atoms with Crippen molar-refractivity contribution in [3.63, 3.8) is 0 Å². The lowest BCUT2D eigenvalue weighted by Crippen LogP contribution is -2.71. The molecule has 0 aromatic carbocycles. The molecule has 14 nitrogen and oxygen atoms in total. The van der Waals surface area contributed by atoms with Crippen molar-refractivity contribution in [1.82, 2.24) is 30.4 Å². The number of carbonyl (C=O) groups is 3. The van der Waals surface area contributed by atoms with E-state index >= 15 is 0 Å². The van der Waals surface area contributed by atoms with Gasteiger partial charge in [-0.25, -0.2) is 19.3 Å². The first kappa shape index (κ1) is 24.4. The van der Waals surface area contributed by atoms with Gasteiger partial charge in [0.25, 0.3) is 11.8 Å². The van der Waals surface area contributed by atoms with Crippen LogP contribution in [-0.2, 0) is 32.4 Å². The van der Waals surface area contributed by atoms with Gasteiger partial charge in [0.1, 0.15) is 29.1 Å². The predicted molar refractivity (Wildman–Crippen MR) is 131 cm³/mol. The highest BCUT2D eigenvalue weighted by Crippen LogP contribution is 2.40. The van der Waals surface area contributed by atoms with Crippen LogP contribution in [0.15, 0.2) is 58.7 Å². The van der Waals surface area contributed by atoms with Crippen molar-refractivity contribution >= 4 is 51.7 Å². The fraction of sp³-hybridized carbons (Fsp3) is 0.238. The van der Waals surface area contributed by atoms with Gasteiger partial charge < -0.3 is 21.0 Å². The van der Waals surface area contributed by atoms with Gasteiger partial charge in [0.2, 0.25) is 0 Å². The molecule has 0 bridgehead atoms. The zero-order valence-corrected chi connectivity index (χ0v) is 20.6. The Balaban J connectivity index is 1.32. The lowest BCUT2D eigenvalue weighted by Gasteiger charge is -2.49. The minimum absolute atomic E-state index is 0.0628. The smallest absolute Gasteiger partial charge is 0.352 e. The summed E-state index contributed by atoms with van der Waals surface area (Å²) in [4.78, 5) is 52.8. The molecule has 5 N–H and O–H groups in total. The largest absolute Gasteiger partial charge is 0.477 e. The molecule has 0 spiro atoms. The molecule has 2 atom stereocenters. The standard InChI is InChI=1S/C21H19N9O5S2/c22-21-25-12(9-37-21)14(28-35-7-13-23-10-24-27-13)17(31)26-15-18(32)30-16(20(33)34)11(8-36-19(15)30)6-29-4-2-1-3-5-29/h1-5,9-10,15,19H,6-8H2,(H4-,22,23,24,25,26,27,31,33,34)/p+1/b28-14+/t15-,19-/m1/s1. The Morgan fingerprint density at radius 2 is 2.16 bits per heavy atom. The van der Waals surface area contributed by atoms with E-state index in [1.165, 1.54) is 28.4 Å². The summed E-state index contributed by atoms with van der Waals surface area (Å²) in [5.41, 5.74) is 6.24. The maximum Gasteiger partial charge on any atom is 0.352 e. The molecule has 0 aliphatic carbocycles. The minimum Gasteiger partial charge on any atom is -0.477 e. The number of anilines is 1. The molecule has 5 heterocycles. The number of pyridine rings is 1. The van der Waals surface area contributed by atoms with E-state index in [4.69, 9.17) is 10.6 Å². The van der Waals surface area contributed by atoms with E-state index in [1.807, 2.05) is 35.2 Å². The van der Waals surface area contributed by atoms with Crippen LogP contribution in [0.5, 0.6) is 0 Å². The quantitative estimate of drug-likeness (QED) is 0.118. The normalized spacial score (nSPS) is 19.3. The van der Waals surface area contributed by atoms with Crippen LogP contribution in [-0.4, -0.2) is 70.8 Å². The zero-order chi connectivity index (χ0) is 25.9. The summed E-state index contributed by atoms with van der Waals surface area (Å²) in [5.74, 6) is -1.67. The zero-order valence-electron chi connectivity index (χ0n) is 19.0. The van der Waals surface area contributed by atoms with Crippen LogP contribution in [0.1, 0.15) is 11.5 Å². The summed E-state index contributed by atoms with van der Waals surface area (Å²) in [7, 11) is 0. The van der Waals surface area contributed by atoms with E-state index in [1.54, 1.807) is 0 Å². The van der Waals surface area contributed by atoms with Crippen molar-refractivity contribution in [2.45, 2.75) is 24.6 Å². The second-order valence-corrected chi connectivity index (χ2v) is 9.88. The van der Waals surface area contributed by atoms with Gasteiger partial charge >= 0.3 is 5.97 Å². The molecule has 37 heavy (non-hydrogen) atoms. The first-order valence-corrected chi connectivity index (χ1v) is 12.8. The minimum atomic E-state index is -1.20. The van der Waals surface area contributed by atoms with Gasteiger partial charge in [-0.1, -0.05) is 11.2 Å². The van der Waals surface area contributed by atoms with Gasteiger partial charge in [-0.2, -0.15) is 5.10 Å². The van der Waals surface area contributed by atoms with E-state index in [-0.39, 0.29) is 28.8 Å². The molecule has 0 saturated carbocycles. The lowest BCUT2D eigenvalue weighted by molar-refractivity contribution is -0.689. The summed E-state index contributed by atoms with van der Waals surface area (Å²) >= 11 is 2.49. The van der Waals surface area contributed by atoms with Crippen molar-refractivity contribution in [3.05, 3.63) is 65.1 Å². The average Bonchev–Trinajstić information content (AvgIpc) is 3.57. The molecule has 0 unspecified atom stereocenters. The molecular weight excluding hydrogens is 522 g/mol. The van der Waals surface area contributed by atoms with Crippen molar-refractivity contribution in [1.29, 1.82) is 0 Å². The van der Waals surface area contributed by atoms with E-state index in [0.29, 0.717) is 23.7 Å². The summed E-state index contributed by atoms with van der Waals surface area (Å²) < 4.78 is 1.84. The number of carbonyl (C=O) groups excluding carboxylic acids is 2. The number of aromatic nitrogens is 5. The monoisotopic (exact) mass is 542 g/mol. The van der Waals surface area contributed by atoms with Crippen LogP contribution in [0.4, 0.5) is 5.13 Å². The number of rotatable bonds is 9. The topological polar surface area (TPSA) is 193 Å². The molecule has 3 aromatic rings. The molecule has 190 valence electrons. The molecule has 2 aliphatic heterocycles. The van der Waals surface area contributed by atoms with Crippen molar-refractivity contribution in [2.75, 3.05) is 11.5 Å². The van der Waals surface area contributed by atoms with Crippen molar-refractivity contribution in [2.24, 2.45) is 5.16 Å². The maximum atomic E-state index is 13.1. The summed E-state index contributed by atoms with van der Waals surface area (Å²) in [6.07, 6.45) is 4.94. The van der Waals surface area contributed by atoms with Gasteiger partial charge in [0, 0.05) is 28.8 Å². The Labute approximate surface area is 217 Å². The first-order chi connectivity index (χ1) is 17.9. The maximum absolute atomic E-state index is 13.1. The van der Waals surface area contributed by atoms with Crippen molar-refractivity contribution in [3.8, 4) is 0 Å². The number of nitrogen functional groups attached to an aromatic ring is 1. The SMILES string of the molecule is Nc1nc(/C(=N\OCc2ncn[nH]2)C(=O)N[C@@H]2C(=O)N3C(C(=O)O)=C(C[n+]4ccccc4)CS[C@H]23)cs1. The second-order valence-electron chi connectivity index (χ2n) is 7.88. The van der Waals surface area contributed by atoms with Gasteiger partial charge in [-0.05, 0) is 0 Å². The number of amides is 2. The van der Waals surface area contributed by atoms with Gasteiger partial charge in [-0.3, -0.25) is 19.6 Å². The summed E-state index contributed by atoms with van der Waals surface area (Å²) in [6.45, 7) is 0.244. The number of fused-ring (bicyclic) bond motifs is 1. The van der Waals surface area contributed by atoms with Crippen LogP contribution in [0.3, 0.4) is 0 Å². The van der Waals surface area contributed by atoms with E-state index < -0.39 is 29.2 Å². The number of H-pyrrole nitrogens is 1. The number of hydrogen-bond acceptors (Lipinski definition) is 11. The van der Waals surface area contributed by atoms with E-state index in [0.717, 1.165) is 11.3 Å². The van der Waals surface area contributed by atoms with Gasteiger partial charge in [0.05, 0.1) is 0 Å². The van der Waals surface area contributed by atoms with Gasteiger partial charge in [-0.15, -0.1) is 23.1 Å². The summed E-state index contributed by atoms with van der Waals surface area (Å²) in [6, 6.07) is 4.58. The Kier molecular flexibility index (Phi) is 6.82. The fourth-order valence-corrected chi connectivity index (χ4v) is 5.72. The third-order valence-electron chi connectivity index (χ3n) is 5.49. The Bertz CT molecular complexity index is 1390. The van der Waals surface area contributed by atoms with E-state index in [2.05, 4.69) is 30.6 Å². The number of nitrogens with zero attached hydrogens (tertiary/aromatic N) is 6. The molecule has 0 radical (unpaired) electrons. The third kappa shape index (κ3) is 5.01. The highest BCUT2D eigenvalue weighted by Gasteiger charge is 2.54. The predicted octanol–water partition coefficient (Wildman–Crippen LogP) is -0.509. The highest BCUT2D eigenvalue weighted by molar-refractivity contribution is 8.00. The van der Waals surface area contributed by atoms with Crippen LogP contribution in [0, 0.1) is 0 Å². The van der Waals surface area contributed by atoms with Crippen LogP contribution < -0.4 is 15.6 Å². The Morgan fingerprint density at radius 3 is 2.84 bits per heavy atom.